The molecule has 2 rings (SSSR count). The molecule has 0 aromatic heterocycles. The first-order chi connectivity index (χ1) is 8.69. The molecule has 1 amide bonds. The van der Waals surface area contributed by atoms with Gasteiger partial charge in [0.1, 0.15) is 5.75 Å². The van der Waals surface area contributed by atoms with Gasteiger partial charge in [-0.2, -0.15) is 0 Å². The molecule has 1 aliphatic heterocycles. The van der Waals surface area contributed by atoms with Gasteiger partial charge in [-0.1, -0.05) is 12.1 Å². The highest BCUT2D eigenvalue weighted by Crippen LogP contribution is 2.19. The van der Waals surface area contributed by atoms with Gasteiger partial charge in [0.2, 0.25) is 5.91 Å². The van der Waals surface area contributed by atoms with E-state index >= 15 is 0 Å². The van der Waals surface area contributed by atoms with Crippen LogP contribution in [0.25, 0.3) is 0 Å². The van der Waals surface area contributed by atoms with Crippen molar-refractivity contribution in [3.8, 4) is 5.75 Å². The van der Waals surface area contributed by atoms with Gasteiger partial charge in [-0.3, -0.25) is 4.79 Å². The van der Waals surface area contributed by atoms with Crippen LogP contribution in [0.15, 0.2) is 18.2 Å². The lowest BCUT2D eigenvalue weighted by atomic mass is 10.1. The van der Waals surface area contributed by atoms with Gasteiger partial charge < -0.3 is 15.4 Å². The van der Waals surface area contributed by atoms with Crippen molar-refractivity contribution in [1.29, 1.82) is 0 Å². The molecular weight excluding hydrogens is 228 g/mol. The zero-order valence-electron chi connectivity index (χ0n) is 11.0. The number of amides is 1. The lowest BCUT2D eigenvalue weighted by molar-refractivity contribution is -0.119. The van der Waals surface area contributed by atoms with E-state index in [1.807, 2.05) is 13.0 Å². The minimum Gasteiger partial charge on any atom is -0.496 e. The van der Waals surface area contributed by atoms with Crippen molar-refractivity contribution in [3.05, 3.63) is 29.3 Å². The highest BCUT2D eigenvalue weighted by molar-refractivity contribution is 5.78. The predicted octanol–water partition coefficient (Wildman–Crippen LogP) is 1.37. The van der Waals surface area contributed by atoms with Crippen molar-refractivity contribution in [2.75, 3.05) is 13.7 Å². The van der Waals surface area contributed by atoms with E-state index in [-0.39, 0.29) is 11.9 Å². The lowest BCUT2D eigenvalue weighted by Gasteiger charge is -2.13. The lowest BCUT2D eigenvalue weighted by Crippen LogP contribution is -2.35. The van der Waals surface area contributed by atoms with Crippen LogP contribution in [-0.2, 0) is 11.3 Å². The van der Waals surface area contributed by atoms with Gasteiger partial charge in [0.05, 0.1) is 7.11 Å². The van der Waals surface area contributed by atoms with Crippen LogP contribution in [0.2, 0.25) is 0 Å². The van der Waals surface area contributed by atoms with E-state index in [1.54, 1.807) is 7.11 Å². The molecule has 1 saturated heterocycles. The fraction of sp³-hybridized carbons (Fsp3) is 0.500. The van der Waals surface area contributed by atoms with Crippen molar-refractivity contribution in [3.63, 3.8) is 0 Å². The average Bonchev–Trinajstić information content (AvgIpc) is 2.77. The molecule has 1 unspecified atom stereocenters. The van der Waals surface area contributed by atoms with E-state index in [0.717, 1.165) is 30.8 Å². The van der Waals surface area contributed by atoms with Crippen molar-refractivity contribution >= 4 is 5.91 Å². The topological polar surface area (TPSA) is 50.4 Å². The smallest absolute Gasteiger partial charge is 0.220 e. The summed E-state index contributed by atoms with van der Waals surface area (Å²) in [5.74, 6) is 1.08. The van der Waals surface area contributed by atoms with Gasteiger partial charge in [-0.15, -0.1) is 0 Å². The first kappa shape index (κ1) is 12.9. The fourth-order valence-electron chi connectivity index (χ4n) is 2.21. The molecule has 0 bridgehead atoms. The summed E-state index contributed by atoms with van der Waals surface area (Å²) in [5.41, 5.74) is 2.34. The van der Waals surface area contributed by atoms with Crippen LogP contribution in [0, 0.1) is 6.92 Å². The van der Waals surface area contributed by atoms with Crippen LogP contribution >= 0.6 is 0 Å². The molecule has 18 heavy (non-hydrogen) atoms. The molecule has 1 atom stereocenters. The Kier molecular flexibility index (Phi) is 4.20. The Morgan fingerprint density at radius 3 is 3.00 bits per heavy atom. The number of hydrogen-bond acceptors (Lipinski definition) is 3. The minimum atomic E-state index is 0.162. The summed E-state index contributed by atoms with van der Waals surface area (Å²) >= 11 is 0. The zero-order chi connectivity index (χ0) is 13.0. The molecule has 1 fully saturated rings. The van der Waals surface area contributed by atoms with Crippen molar-refractivity contribution < 1.29 is 9.53 Å². The van der Waals surface area contributed by atoms with Crippen LogP contribution < -0.4 is 15.4 Å². The van der Waals surface area contributed by atoms with Crippen LogP contribution in [0.5, 0.6) is 5.75 Å². The van der Waals surface area contributed by atoms with Crippen LogP contribution in [-0.4, -0.2) is 25.6 Å². The Morgan fingerprint density at radius 1 is 1.50 bits per heavy atom. The second-order valence-corrected chi connectivity index (χ2v) is 4.75. The van der Waals surface area contributed by atoms with Crippen molar-refractivity contribution in [1.82, 2.24) is 10.6 Å². The third-order valence-electron chi connectivity index (χ3n) is 3.23. The molecule has 4 heteroatoms. The van der Waals surface area contributed by atoms with E-state index in [1.165, 1.54) is 5.56 Å². The summed E-state index contributed by atoms with van der Waals surface area (Å²) in [5, 5.41) is 6.31. The standard InChI is InChI=1S/C14H20N2O2/c1-10-3-4-11(13(7-10)18-2)8-15-9-12-5-6-14(17)16-12/h3-4,7,12,15H,5-6,8-9H2,1-2H3,(H,16,17). The summed E-state index contributed by atoms with van der Waals surface area (Å²) < 4.78 is 5.36. The van der Waals surface area contributed by atoms with Gasteiger partial charge in [0.25, 0.3) is 0 Å². The average molecular weight is 248 g/mol. The summed E-state index contributed by atoms with van der Waals surface area (Å²) in [6, 6.07) is 6.47. The fourth-order valence-corrected chi connectivity index (χ4v) is 2.21. The first-order valence-electron chi connectivity index (χ1n) is 6.32. The van der Waals surface area contributed by atoms with Crippen molar-refractivity contribution in [2.45, 2.75) is 32.4 Å². The number of methoxy groups -OCH3 is 1. The quantitative estimate of drug-likeness (QED) is 0.827. The molecule has 4 nitrogen and oxygen atoms in total. The Hall–Kier alpha value is -1.55. The largest absolute Gasteiger partial charge is 0.496 e. The molecule has 0 spiro atoms. The number of ether oxygens (including phenoxy) is 1. The molecule has 98 valence electrons. The number of carbonyl (C=O) groups excluding carboxylic acids is 1. The summed E-state index contributed by atoms with van der Waals surface area (Å²) in [4.78, 5) is 11.1. The number of carbonyl (C=O) groups is 1. The maximum Gasteiger partial charge on any atom is 0.220 e. The van der Waals surface area contributed by atoms with Gasteiger partial charge in [-0.05, 0) is 25.0 Å². The number of hydrogen-bond donors (Lipinski definition) is 2. The molecule has 2 N–H and O–H groups in total. The summed E-state index contributed by atoms with van der Waals surface area (Å²) in [6.45, 7) is 3.62. The van der Waals surface area contributed by atoms with Crippen LogP contribution in [0.1, 0.15) is 24.0 Å². The van der Waals surface area contributed by atoms with Crippen LogP contribution in [0.4, 0.5) is 0 Å². The second kappa shape index (κ2) is 5.87. The molecule has 1 aromatic carbocycles. The van der Waals surface area contributed by atoms with Gasteiger partial charge in [0, 0.05) is 31.1 Å². The van der Waals surface area contributed by atoms with Gasteiger partial charge >= 0.3 is 0 Å². The first-order valence-corrected chi connectivity index (χ1v) is 6.32. The summed E-state index contributed by atoms with van der Waals surface area (Å²) in [6.07, 6.45) is 1.58. The van der Waals surface area contributed by atoms with Gasteiger partial charge in [0.15, 0.2) is 0 Å². The van der Waals surface area contributed by atoms with Crippen molar-refractivity contribution in [2.24, 2.45) is 0 Å². The van der Waals surface area contributed by atoms with Gasteiger partial charge in [-0.25, -0.2) is 0 Å². The molecule has 1 heterocycles. The third-order valence-corrected chi connectivity index (χ3v) is 3.23. The number of aryl methyl sites for hydroxylation is 1. The van der Waals surface area contributed by atoms with E-state index in [2.05, 4.69) is 22.8 Å². The highest BCUT2D eigenvalue weighted by Gasteiger charge is 2.19. The van der Waals surface area contributed by atoms with Crippen LogP contribution in [0.3, 0.4) is 0 Å². The second-order valence-electron chi connectivity index (χ2n) is 4.75. The van der Waals surface area contributed by atoms with E-state index < -0.39 is 0 Å². The Morgan fingerprint density at radius 2 is 2.33 bits per heavy atom. The zero-order valence-corrected chi connectivity index (χ0v) is 11.0. The minimum absolute atomic E-state index is 0.162. The number of rotatable bonds is 5. The molecule has 0 aliphatic carbocycles. The maximum atomic E-state index is 11.1. The highest BCUT2D eigenvalue weighted by atomic mass is 16.5. The Bertz CT molecular complexity index is 432. The monoisotopic (exact) mass is 248 g/mol. The Balaban J connectivity index is 1.84. The van der Waals surface area contributed by atoms with E-state index in [0.29, 0.717) is 6.42 Å². The molecule has 0 saturated carbocycles. The molecular formula is C14H20N2O2. The summed E-state index contributed by atoms with van der Waals surface area (Å²) in [7, 11) is 1.69. The van der Waals surface area contributed by atoms with E-state index in [4.69, 9.17) is 4.74 Å². The maximum absolute atomic E-state index is 11.1. The number of nitrogens with one attached hydrogen (secondary N) is 2. The molecule has 1 aromatic rings. The van der Waals surface area contributed by atoms with E-state index in [9.17, 15) is 4.79 Å². The number of benzene rings is 1. The predicted molar refractivity (Wildman–Crippen MR) is 70.6 cm³/mol. The molecule has 1 aliphatic rings. The molecule has 0 radical (unpaired) electrons. The SMILES string of the molecule is COc1cc(C)ccc1CNCC1CCC(=O)N1. The third kappa shape index (κ3) is 3.23. The Labute approximate surface area is 108 Å². The normalized spacial score (nSPS) is 18.8.